The van der Waals surface area contributed by atoms with Gasteiger partial charge in [-0.25, -0.2) is 22.6 Å². The summed E-state index contributed by atoms with van der Waals surface area (Å²) in [7, 11) is -3.97. The van der Waals surface area contributed by atoms with Gasteiger partial charge in [0.1, 0.15) is 11.9 Å². The molecule has 26 heavy (non-hydrogen) atoms. The first kappa shape index (κ1) is 18.2. The molecule has 10 heteroatoms. The van der Waals surface area contributed by atoms with Crippen molar-refractivity contribution in [3.8, 4) is 5.88 Å². The minimum Gasteiger partial charge on any atom is -0.478 e. The molecule has 2 heterocycles. The van der Waals surface area contributed by atoms with Gasteiger partial charge in [0.15, 0.2) is 0 Å². The van der Waals surface area contributed by atoms with E-state index in [9.17, 15) is 17.6 Å². The van der Waals surface area contributed by atoms with Crippen LogP contribution in [0, 0.1) is 5.82 Å². The highest BCUT2D eigenvalue weighted by molar-refractivity contribution is 7.89. The number of nitrogens with zero attached hydrogens (tertiary/aromatic N) is 3. The van der Waals surface area contributed by atoms with E-state index in [2.05, 4.69) is 9.97 Å². The lowest BCUT2D eigenvalue weighted by Crippen LogP contribution is -2.44. The Morgan fingerprint density at radius 2 is 2.15 bits per heavy atom. The highest BCUT2D eigenvalue weighted by Gasteiger charge is 2.32. The molecule has 1 aliphatic heterocycles. The number of piperidine rings is 1. The van der Waals surface area contributed by atoms with Crippen molar-refractivity contribution in [2.45, 2.75) is 23.8 Å². The molecule has 2 aromatic rings. The van der Waals surface area contributed by atoms with E-state index in [1.165, 1.54) is 22.9 Å². The Morgan fingerprint density at radius 1 is 1.35 bits per heavy atom. The fraction of sp³-hybridized carbons (Fsp3) is 0.312. The van der Waals surface area contributed by atoms with E-state index in [1.54, 1.807) is 0 Å². The van der Waals surface area contributed by atoms with E-state index < -0.39 is 33.5 Å². The number of aromatic carboxylic acids is 1. The summed E-state index contributed by atoms with van der Waals surface area (Å²) >= 11 is 0. The Bertz CT molecular complexity index is 907. The van der Waals surface area contributed by atoms with Gasteiger partial charge >= 0.3 is 5.97 Å². The molecule has 1 aromatic carbocycles. The van der Waals surface area contributed by atoms with Crippen LogP contribution in [0.25, 0.3) is 0 Å². The molecule has 1 saturated heterocycles. The summed E-state index contributed by atoms with van der Waals surface area (Å²) in [6.45, 7) is 0.348. The van der Waals surface area contributed by atoms with E-state index in [-0.39, 0.29) is 18.0 Å². The van der Waals surface area contributed by atoms with Crippen molar-refractivity contribution in [2.24, 2.45) is 0 Å². The predicted octanol–water partition coefficient (Wildman–Crippen LogP) is 1.55. The average Bonchev–Trinajstić information content (AvgIpc) is 2.63. The van der Waals surface area contributed by atoms with Crippen LogP contribution in [0.4, 0.5) is 4.39 Å². The van der Waals surface area contributed by atoms with Gasteiger partial charge in [-0.3, -0.25) is 4.98 Å². The van der Waals surface area contributed by atoms with Crippen molar-refractivity contribution in [1.82, 2.24) is 14.3 Å². The van der Waals surface area contributed by atoms with Gasteiger partial charge < -0.3 is 9.84 Å². The van der Waals surface area contributed by atoms with Gasteiger partial charge in [-0.05, 0) is 31.0 Å². The third-order valence-electron chi connectivity index (χ3n) is 3.97. The number of ether oxygens (including phenoxy) is 1. The Kier molecular flexibility index (Phi) is 5.14. The van der Waals surface area contributed by atoms with Crippen LogP contribution in [0.2, 0.25) is 0 Å². The van der Waals surface area contributed by atoms with Crippen LogP contribution in [-0.2, 0) is 10.0 Å². The molecule has 0 bridgehead atoms. The number of halogens is 1. The first-order chi connectivity index (χ1) is 12.4. The molecule has 1 fully saturated rings. The number of rotatable bonds is 5. The van der Waals surface area contributed by atoms with E-state index in [1.807, 2.05) is 0 Å². The Morgan fingerprint density at radius 3 is 2.85 bits per heavy atom. The smallest absolute Gasteiger partial charge is 0.338 e. The molecule has 3 rings (SSSR count). The maximum atomic E-state index is 13.5. The zero-order chi connectivity index (χ0) is 18.7. The number of carbonyl (C=O) groups is 1. The number of sulfonamides is 1. The van der Waals surface area contributed by atoms with Gasteiger partial charge in [0.2, 0.25) is 15.9 Å². The molecular formula is C16H16FN3O5S. The minimum atomic E-state index is -3.97. The van der Waals surface area contributed by atoms with Gasteiger partial charge in [0.25, 0.3) is 0 Å². The number of hydrogen-bond acceptors (Lipinski definition) is 6. The van der Waals surface area contributed by atoms with Gasteiger partial charge in [-0.2, -0.15) is 4.31 Å². The topological polar surface area (TPSA) is 110 Å². The minimum absolute atomic E-state index is 0.0820. The van der Waals surface area contributed by atoms with Crippen LogP contribution in [0.1, 0.15) is 23.2 Å². The SMILES string of the molecule is O=C(O)c1cc(S(=O)(=O)N2CCC[C@H](Oc3cnccn3)C2)ccc1F. The first-order valence-electron chi connectivity index (χ1n) is 7.83. The van der Waals surface area contributed by atoms with Gasteiger partial charge in [0, 0.05) is 18.9 Å². The normalized spacial score (nSPS) is 18.4. The molecule has 1 aliphatic rings. The van der Waals surface area contributed by atoms with E-state index in [0.29, 0.717) is 18.7 Å². The van der Waals surface area contributed by atoms with E-state index >= 15 is 0 Å². The number of aromatic nitrogens is 2. The lowest BCUT2D eigenvalue weighted by atomic mass is 10.1. The quantitative estimate of drug-likeness (QED) is 0.837. The van der Waals surface area contributed by atoms with Crippen molar-refractivity contribution < 1.29 is 27.4 Å². The van der Waals surface area contributed by atoms with Gasteiger partial charge in [-0.1, -0.05) is 0 Å². The van der Waals surface area contributed by atoms with Crippen LogP contribution in [-0.4, -0.2) is 53.0 Å². The molecular weight excluding hydrogens is 365 g/mol. The molecule has 1 atom stereocenters. The molecule has 0 unspecified atom stereocenters. The third-order valence-corrected chi connectivity index (χ3v) is 5.83. The van der Waals surface area contributed by atoms with Crippen molar-refractivity contribution >= 4 is 16.0 Å². The molecule has 138 valence electrons. The molecule has 8 nitrogen and oxygen atoms in total. The second-order valence-corrected chi connectivity index (χ2v) is 7.67. The van der Waals surface area contributed by atoms with Crippen LogP contribution in [0.3, 0.4) is 0 Å². The lowest BCUT2D eigenvalue weighted by Gasteiger charge is -2.31. The van der Waals surface area contributed by atoms with E-state index in [0.717, 1.165) is 18.2 Å². The lowest BCUT2D eigenvalue weighted by molar-refractivity contribution is 0.0691. The Labute approximate surface area is 149 Å². The van der Waals surface area contributed by atoms with Crippen molar-refractivity contribution in [3.05, 3.63) is 48.2 Å². The van der Waals surface area contributed by atoms with Crippen LogP contribution < -0.4 is 4.74 Å². The Balaban J connectivity index is 1.81. The molecule has 0 saturated carbocycles. The van der Waals surface area contributed by atoms with Gasteiger partial charge in [-0.15, -0.1) is 0 Å². The molecule has 0 spiro atoms. The predicted molar refractivity (Wildman–Crippen MR) is 87.8 cm³/mol. The van der Waals surface area contributed by atoms with Crippen molar-refractivity contribution in [1.29, 1.82) is 0 Å². The zero-order valence-electron chi connectivity index (χ0n) is 13.6. The second kappa shape index (κ2) is 7.34. The first-order valence-corrected chi connectivity index (χ1v) is 9.27. The third kappa shape index (κ3) is 3.81. The standard InChI is InChI=1S/C16H16FN3O5S/c17-14-4-3-12(8-13(14)16(21)22)26(23,24)20-7-1-2-11(10-20)25-15-9-18-5-6-19-15/h3-6,8-9,11H,1-2,7,10H2,(H,21,22)/t11-/m0/s1. The summed E-state index contributed by atoms with van der Waals surface area (Å²) in [5, 5.41) is 8.99. The summed E-state index contributed by atoms with van der Waals surface area (Å²) in [6, 6.07) is 2.73. The van der Waals surface area contributed by atoms with Crippen molar-refractivity contribution in [2.75, 3.05) is 13.1 Å². The number of hydrogen-bond donors (Lipinski definition) is 1. The highest BCUT2D eigenvalue weighted by Crippen LogP contribution is 2.24. The highest BCUT2D eigenvalue weighted by atomic mass is 32.2. The summed E-state index contributed by atoms with van der Waals surface area (Å²) in [5.74, 6) is -2.22. The van der Waals surface area contributed by atoms with Crippen LogP contribution in [0.15, 0.2) is 41.7 Å². The molecule has 0 amide bonds. The number of carboxylic acid groups (broad SMARTS) is 1. The maximum Gasteiger partial charge on any atom is 0.338 e. The molecule has 0 radical (unpaired) electrons. The van der Waals surface area contributed by atoms with Crippen LogP contribution >= 0.6 is 0 Å². The zero-order valence-corrected chi connectivity index (χ0v) is 14.4. The van der Waals surface area contributed by atoms with E-state index in [4.69, 9.17) is 9.84 Å². The summed E-state index contributed by atoms with van der Waals surface area (Å²) in [5.41, 5.74) is -0.685. The Hall–Kier alpha value is -2.59. The monoisotopic (exact) mass is 381 g/mol. The maximum absolute atomic E-state index is 13.5. The fourth-order valence-electron chi connectivity index (χ4n) is 2.71. The molecule has 1 aromatic heterocycles. The summed E-state index contributed by atoms with van der Waals surface area (Å²) in [6.07, 6.45) is 5.21. The fourth-order valence-corrected chi connectivity index (χ4v) is 4.25. The molecule has 1 N–H and O–H groups in total. The average molecular weight is 381 g/mol. The summed E-state index contributed by atoms with van der Waals surface area (Å²) < 4.78 is 46.0. The van der Waals surface area contributed by atoms with Gasteiger partial charge in [0.05, 0.1) is 23.2 Å². The van der Waals surface area contributed by atoms with Crippen LogP contribution in [0.5, 0.6) is 5.88 Å². The molecule has 0 aliphatic carbocycles. The second-order valence-electron chi connectivity index (χ2n) is 5.74. The number of benzene rings is 1. The largest absolute Gasteiger partial charge is 0.478 e. The summed E-state index contributed by atoms with van der Waals surface area (Å²) in [4.78, 5) is 18.7. The van der Waals surface area contributed by atoms with Crippen molar-refractivity contribution in [3.63, 3.8) is 0 Å². The number of carboxylic acids is 1.